The molecule has 6 heteroatoms. The second-order valence-corrected chi connectivity index (χ2v) is 5.44. The monoisotopic (exact) mass is 325 g/mol. The number of carbonyl (C=O) groups excluding carboxylic acids is 1. The van der Waals surface area contributed by atoms with E-state index in [1.165, 1.54) is 13.2 Å². The lowest BCUT2D eigenvalue weighted by atomic mass is 10.1. The van der Waals surface area contributed by atoms with Crippen LogP contribution in [0.15, 0.2) is 42.5 Å². The van der Waals surface area contributed by atoms with Crippen molar-refractivity contribution >= 4 is 16.9 Å². The number of carbonyl (C=O) groups is 1. The number of hydrogen-bond acceptors (Lipinski definition) is 4. The van der Waals surface area contributed by atoms with Crippen molar-refractivity contribution in [1.29, 1.82) is 0 Å². The minimum Gasteiger partial charge on any atom is -0.507 e. The van der Waals surface area contributed by atoms with Gasteiger partial charge in [-0.05, 0) is 30.7 Å². The average molecular weight is 325 g/mol. The average Bonchev–Trinajstić information content (AvgIpc) is 3.01. The van der Waals surface area contributed by atoms with Crippen molar-refractivity contribution in [3.63, 3.8) is 0 Å². The van der Waals surface area contributed by atoms with Gasteiger partial charge < -0.3 is 20.1 Å². The van der Waals surface area contributed by atoms with Crippen LogP contribution in [0.25, 0.3) is 11.0 Å². The Balaban J connectivity index is 1.51. The van der Waals surface area contributed by atoms with Gasteiger partial charge in [-0.15, -0.1) is 0 Å². The minimum absolute atomic E-state index is 0.0934. The zero-order chi connectivity index (χ0) is 16.9. The number of para-hydroxylation sites is 2. The summed E-state index contributed by atoms with van der Waals surface area (Å²) in [7, 11) is 1.51. The maximum atomic E-state index is 12.1. The standard InChI is InChI=1S/C18H19N3O3/c1-24-12-8-9-13(16(22)11-12)18(23)19-10-4-7-17-20-14-5-2-3-6-15(14)21-17/h2-3,5-6,8-9,11,22H,4,7,10H2,1H3,(H,19,23)(H,20,21). The number of phenolic OH excluding ortho intramolecular Hbond substituents is 1. The van der Waals surface area contributed by atoms with Crippen molar-refractivity contribution in [1.82, 2.24) is 15.3 Å². The van der Waals surface area contributed by atoms with Crippen LogP contribution in [-0.4, -0.2) is 34.6 Å². The number of fused-ring (bicyclic) bond motifs is 1. The summed E-state index contributed by atoms with van der Waals surface area (Å²) in [5.74, 6) is 1.01. The van der Waals surface area contributed by atoms with E-state index in [4.69, 9.17) is 4.74 Å². The molecule has 3 N–H and O–H groups in total. The number of imidazole rings is 1. The van der Waals surface area contributed by atoms with Crippen LogP contribution < -0.4 is 10.1 Å². The Bertz CT molecular complexity index is 825. The van der Waals surface area contributed by atoms with Crippen molar-refractivity contribution in [2.24, 2.45) is 0 Å². The van der Waals surface area contributed by atoms with E-state index >= 15 is 0 Å². The molecule has 0 fully saturated rings. The fourth-order valence-electron chi connectivity index (χ4n) is 2.51. The van der Waals surface area contributed by atoms with E-state index in [-0.39, 0.29) is 17.2 Å². The molecule has 1 amide bonds. The number of nitrogens with zero attached hydrogens (tertiary/aromatic N) is 1. The van der Waals surface area contributed by atoms with E-state index in [2.05, 4.69) is 15.3 Å². The first kappa shape index (κ1) is 15.9. The Morgan fingerprint density at radius 1 is 1.29 bits per heavy atom. The lowest BCUT2D eigenvalue weighted by Gasteiger charge is -2.07. The number of aromatic amines is 1. The Morgan fingerprint density at radius 2 is 2.12 bits per heavy atom. The number of amides is 1. The molecule has 3 aromatic rings. The number of rotatable bonds is 6. The molecule has 0 radical (unpaired) electrons. The molecular formula is C18H19N3O3. The number of aryl methyl sites for hydroxylation is 1. The summed E-state index contributed by atoms with van der Waals surface area (Å²) >= 11 is 0. The molecule has 0 unspecified atom stereocenters. The van der Waals surface area contributed by atoms with Gasteiger partial charge in [-0.1, -0.05) is 12.1 Å². The number of hydrogen-bond donors (Lipinski definition) is 3. The van der Waals surface area contributed by atoms with Crippen LogP contribution in [0.1, 0.15) is 22.6 Å². The summed E-state index contributed by atoms with van der Waals surface area (Å²) in [5, 5.41) is 12.7. The molecule has 0 aliphatic heterocycles. The van der Waals surface area contributed by atoms with Crippen LogP contribution in [0.4, 0.5) is 0 Å². The summed E-state index contributed by atoms with van der Waals surface area (Å²) in [6.07, 6.45) is 1.49. The number of aromatic hydroxyl groups is 1. The van der Waals surface area contributed by atoms with Gasteiger partial charge in [0.2, 0.25) is 0 Å². The maximum Gasteiger partial charge on any atom is 0.255 e. The third-order valence-electron chi connectivity index (χ3n) is 3.76. The van der Waals surface area contributed by atoms with Crippen molar-refractivity contribution < 1.29 is 14.6 Å². The van der Waals surface area contributed by atoms with Crippen molar-refractivity contribution in [2.45, 2.75) is 12.8 Å². The van der Waals surface area contributed by atoms with Gasteiger partial charge in [0.25, 0.3) is 5.91 Å². The Labute approximate surface area is 139 Å². The van der Waals surface area contributed by atoms with E-state index in [0.717, 1.165) is 29.7 Å². The van der Waals surface area contributed by atoms with Crippen LogP contribution in [0, 0.1) is 0 Å². The van der Waals surface area contributed by atoms with Crippen molar-refractivity contribution in [3.05, 3.63) is 53.9 Å². The molecule has 124 valence electrons. The smallest absolute Gasteiger partial charge is 0.255 e. The lowest BCUT2D eigenvalue weighted by molar-refractivity contribution is 0.0950. The fourth-order valence-corrected chi connectivity index (χ4v) is 2.51. The Kier molecular flexibility index (Phi) is 4.65. The molecule has 6 nitrogen and oxygen atoms in total. The number of benzene rings is 2. The largest absolute Gasteiger partial charge is 0.507 e. The number of methoxy groups -OCH3 is 1. The molecule has 1 heterocycles. The predicted octanol–water partition coefficient (Wildman–Crippen LogP) is 2.64. The van der Waals surface area contributed by atoms with Gasteiger partial charge in [-0.2, -0.15) is 0 Å². The number of ether oxygens (including phenoxy) is 1. The van der Waals surface area contributed by atoms with Gasteiger partial charge in [0.1, 0.15) is 17.3 Å². The molecule has 0 spiro atoms. The topological polar surface area (TPSA) is 87.2 Å². The van der Waals surface area contributed by atoms with Crippen molar-refractivity contribution in [3.8, 4) is 11.5 Å². The summed E-state index contributed by atoms with van der Waals surface area (Å²) in [5.41, 5.74) is 2.19. The van der Waals surface area contributed by atoms with Gasteiger partial charge in [0.15, 0.2) is 0 Å². The molecule has 1 aromatic heterocycles. The fraction of sp³-hybridized carbons (Fsp3) is 0.222. The van der Waals surface area contributed by atoms with Gasteiger partial charge in [0, 0.05) is 19.0 Å². The summed E-state index contributed by atoms with van der Waals surface area (Å²) in [4.78, 5) is 19.8. The normalized spacial score (nSPS) is 10.7. The Hall–Kier alpha value is -3.02. The van der Waals surface area contributed by atoms with Crippen LogP contribution in [0.2, 0.25) is 0 Å². The SMILES string of the molecule is COc1ccc(C(=O)NCCCc2nc3ccccc3[nH]2)c(O)c1. The highest BCUT2D eigenvalue weighted by atomic mass is 16.5. The molecule has 0 saturated carbocycles. The summed E-state index contributed by atoms with van der Waals surface area (Å²) in [6.45, 7) is 0.501. The second-order valence-electron chi connectivity index (χ2n) is 5.44. The van der Waals surface area contributed by atoms with E-state index in [1.54, 1.807) is 12.1 Å². The first-order valence-corrected chi connectivity index (χ1v) is 7.76. The minimum atomic E-state index is -0.306. The highest BCUT2D eigenvalue weighted by Gasteiger charge is 2.11. The molecule has 0 bridgehead atoms. The van der Waals surface area contributed by atoms with E-state index in [0.29, 0.717) is 12.3 Å². The number of nitrogens with one attached hydrogen (secondary N) is 2. The number of H-pyrrole nitrogens is 1. The van der Waals surface area contributed by atoms with Crippen LogP contribution in [-0.2, 0) is 6.42 Å². The quantitative estimate of drug-likeness (QED) is 0.608. The lowest BCUT2D eigenvalue weighted by Crippen LogP contribution is -2.24. The van der Waals surface area contributed by atoms with E-state index in [9.17, 15) is 9.90 Å². The first-order chi connectivity index (χ1) is 11.7. The molecule has 0 saturated heterocycles. The molecule has 3 rings (SSSR count). The van der Waals surface area contributed by atoms with Gasteiger partial charge in [0.05, 0.1) is 23.7 Å². The van der Waals surface area contributed by atoms with Crippen LogP contribution in [0.5, 0.6) is 11.5 Å². The predicted molar refractivity (Wildman–Crippen MR) is 91.4 cm³/mol. The first-order valence-electron chi connectivity index (χ1n) is 7.76. The molecule has 0 aliphatic rings. The molecule has 2 aromatic carbocycles. The van der Waals surface area contributed by atoms with Crippen LogP contribution >= 0.6 is 0 Å². The Morgan fingerprint density at radius 3 is 2.88 bits per heavy atom. The molecule has 24 heavy (non-hydrogen) atoms. The zero-order valence-electron chi connectivity index (χ0n) is 13.4. The summed E-state index contributed by atoms with van der Waals surface area (Å²) in [6, 6.07) is 12.5. The molecule has 0 atom stereocenters. The van der Waals surface area contributed by atoms with E-state index < -0.39 is 0 Å². The van der Waals surface area contributed by atoms with Gasteiger partial charge >= 0.3 is 0 Å². The highest BCUT2D eigenvalue weighted by Crippen LogP contribution is 2.23. The maximum absolute atomic E-state index is 12.1. The molecular weight excluding hydrogens is 306 g/mol. The second kappa shape index (κ2) is 7.04. The van der Waals surface area contributed by atoms with Crippen molar-refractivity contribution in [2.75, 3.05) is 13.7 Å². The van der Waals surface area contributed by atoms with Crippen LogP contribution in [0.3, 0.4) is 0 Å². The highest BCUT2D eigenvalue weighted by molar-refractivity contribution is 5.96. The third-order valence-corrected chi connectivity index (χ3v) is 3.76. The third kappa shape index (κ3) is 3.48. The van der Waals surface area contributed by atoms with Gasteiger partial charge in [-0.3, -0.25) is 4.79 Å². The van der Waals surface area contributed by atoms with E-state index in [1.807, 2.05) is 24.3 Å². The zero-order valence-corrected chi connectivity index (χ0v) is 13.4. The number of phenols is 1. The molecule has 0 aliphatic carbocycles. The number of aromatic nitrogens is 2. The summed E-state index contributed by atoms with van der Waals surface area (Å²) < 4.78 is 5.00. The van der Waals surface area contributed by atoms with Gasteiger partial charge in [-0.25, -0.2) is 4.98 Å².